The van der Waals surface area contributed by atoms with Gasteiger partial charge in [0.05, 0.1) is 12.8 Å². The maximum absolute atomic E-state index is 13.0. The Morgan fingerprint density at radius 1 is 1.09 bits per heavy atom. The highest BCUT2D eigenvalue weighted by Gasteiger charge is 2.35. The van der Waals surface area contributed by atoms with Crippen molar-refractivity contribution in [1.29, 1.82) is 0 Å². The SMILES string of the molecule is CCCCCCCN1C(=O)CC(C(=O)Nc2ccc(OC)cc2)SC1=Nc1ccccc1. The van der Waals surface area contributed by atoms with E-state index in [9.17, 15) is 9.59 Å². The van der Waals surface area contributed by atoms with Crippen LogP contribution in [0, 0.1) is 0 Å². The zero-order chi connectivity index (χ0) is 22.8. The van der Waals surface area contributed by atoms with Crippen LogP contribution in [0.4, 0.5) is 11.4 Å². The highest BCUT2D eigenvalue weighted by molar-refractivity contribution is 8.15. The van der Waals surface area contributed by atoms with Gasteiger partial charge in [0.15, 0.2) is 5.17 Å². The molecule has 6 nitrogen and oxygen atoms in total. The number of hydrogen-bond donors (Lipinski definition) is 1. The highest BCUT2D eigenvalue weighted by atomic mass is 32.2. The first-order valence-corrected chi connectivity index (χ1v) is 12.0. The van der Waals surface area contributed by atoms with Gasteiger partial charge in [0.2, 0.25) is 11.8 Å². The minimum absolute atomic E-state index is 0.0520. The van der Waals surface area contributed by atoms with Gasteiger partial charge in [-0.05, 0) is 42.8 Å². The summed E-state index contributed by atoms with van der Waals surface area (Å²) < 4.78 is 5.16. The number of amides is 2. The number of rotatable bonds is 10. The Kier molecular flexibility index (Phi) is 9.16. The molecule has 1 fully saturated rings. The van der Waals surface area contributed by atoms with Crippen molar-refractivity contribution in [3.63, 3.8) is 0 Å². The first-order chi connectivity index (χ1) is 15.6. The van der Waals surface area contributed by atoms with E-state index in [1.165, 1.54) is 31.0 Å². The van der Waals surface area contributed by atoms with Crippen LogP contribution in [0.3, 0.4) is 0 Å². The molecule has 2 aromatic rings. The van der Waals surface area contributed by atoms with Crippen molar-refractivity contribution in [2.24, 2.45) is 4.99 Å². The molecular formula is C25H31N3O3S. The quantitative estimate of drug-likeness (QED) is 0.474. The number of aliphatic imine (C=N–C) groups is 1. The van der Waals surface area contributed by atoms with Crippen LogP contribution in [0.5, 0.6) is 5.75 Å². The molecule has 1 unspecified atom stereocenters. The zero-order valence-corrected chi connectivity index (χ0v) is 19.6. The van der Waals surface area contributed by atoms with E-state index in [-0.39, 0.29) is 18.2 Å². The summed E-state index contributed by atoms with van der Waals surface area (Å²) in [4.78, 5) is 32.4. The van der Waals surface area contributed by atoms with E-state index in [2.05, 4.69) is 12.2 Å². The van der Waals surface area contributed by atoms with Crippen molar-refractivity contribution in [3.8, 4) is 5.75 Å². The molecule has 0 aromatic heterocycles. The summed E-state index contributed by atoms with van der Waals surface area (Å²) in [6, 6.07) is 16.7. The topological polar surface area (TPSA) is 71.0 Å². The normalized spacial score (nSPS) is 17.4. The second-order valence-corrected chi connectivity index (χ2v) is 8.89. The molecule has 170 valence electrons. The fourth-order valence-electron chi connectivity index (χ4n) is 3.44. The van der Waals surface area contributed by atoms with E-state index < -0.39 is 5.25 Å². The van der Waals surface area contributed by atoms with Crippen LogP contribution in [-0.4, -0.2) is 40.8 Å². The molecule has 32 heavy (non-hydrogen) atoms. The van der Waals surface area contributed by atoms with Gasteiger partial charge in [-0.1, -0.05) is 62.6 Å². The second kappa shape index (κ2) is 12.3. The Morgan fingerprint density at radius 3 is 2.50 bits per heavy atom. The number of ether oxygens (including phenoxy) is 1. The van der Waals surface area contributed by atoms with Crippen molar-refractivity contribution in [2.45, 2.75) is 50.7 Å². The molecule has 0 bridgehead atoms. The molecule has 0 aliphatic carbocycles. The van der Waals surface area contributed by atoms with E-state index >= 15 is 0 Å². The fraction of sp³-hybridized carbons (Fsp3) is 0.400. The van der Waals surface area contributed by atoms with Gasteiger partial charge in [0, 0.05) is 18.7 Å². The number of nitrogens with one attached hydrogen (secondary N) is 1. The van der Waals surface area contributed by atoms with E-state index in [0.717, 1.165) is 24.3 Å². The summed E-state index contributed by atoms with van der Waals surface area (Å²) in [5.74, 6) is 0.470. The van der Waals surface area contributed by atoms with Crippen molar-refractivity contribution in [3.05, 3.63) is 54.6 Å². The number of carbonyl (C=O) groups is 2. The number of hydrogen-bond acceptors (Lipinski definition) is 5. The third-order valence-corrected chi connectivity index (χ3v) is 6.44. The average molecular weight is 454 g/mol. The molecule has 0 saturated carbocycles. The monoisotopic (exact) mass is 453 g/mol. The number of methoxy groups -OCH3 is 1. The molecule has 1 N–H and O–H groups in total. The van der Waals surface area contributed by atoms with Gasteiger partial charge < -0.3 is 10.1 Å². The number of amidine groups is 1. The number of carbonyl (C=O) groups excluding carboxylic acids is 2. The lowest BCUT2D eigenvalue weighted by Gasteiger charge is -2.31. The number of thioether (sulfide) groups is 1. The predicted molar refractivity (Wildman–Crippen MR) is 132 cm³/mol. The Bertz CT molecular complexity index is 916. The summed E-state index contributed by atoms with van der Waals surface area (Å²) >= 11 is 1.36. The molecule has 1 aliphatic heterocycles. The first-order valence-electron chi connectivity index (χ1n) is 11.2. The zero-order valence-electron chi connectivity index (χ0n) is 18.8. The van der Waals surface area contributed by atoms with E-state index in [4.69, 9.17) is 9.73 Å². The third-order valence-electron chi connectivity index (χ3n) is 5.26. The summed E-state index contributed by atoms with van der Waals surface area (Å²) in [5.41, 5.74) is 1.44. The fourth-order valence-corrected chi connectivity index (χ4v) is 4.57. The maximum Gasteiger partial charge on any atom is 0.238 e. The molecule has 1 saturated heterocycles. The molecule has 2 aromatic carbocycles. The van der Waals surface area contributed by atoms with Crippen molar-refractivity contribution in [1.82, 2.24) is 4.90 Å². The lowest BCUT2D eigenvalue weighted by molar-refractivity contribution is -0.129. The molecule has 1 atom stereocenters. The van der Waals surface area contributed by atoms with E-state index in [1.807, 2.05) is 30.3 Å². The Hall–Kier alpha value is -2.80. The molecule has 7 heteroatoms. The molecule has 1 aliphatic rings. The van der Waals surface area contributed by atoms with Crippen LogP contribution in [0.15, 0.2) is 59.6 Å². The van der Waals surface area contributed by atoms with Crippen LogP contribution in [0.25, 0.3) is 0 Å². The number of anilines is 1. The molecule has 2 amide bonds. The van der Waals surface area contributed by atoms with Gasteiger partial charge >= 0.3 is 0 Å². The van der Waals surface area contributed by atoms with Gasteiger partial charge in [-0.2, -0.15) is 0 Å². The largest absolute Gasteiger partial charge is 0.497 e. The second-order valence-electron chi connectivity index (χ2n) is 7.72. The molecule has 3 rings (SSSR count). The third kappa shape index (κ3) is 6.85. The summed E-state index contributed by atoms with van der Waals surface area (Å²) in [5, 5.41) is 2.98. The summed E-state index contributed by atoms with van der Waals surface area (Å²) in [6.07, 6.45) is 5.75. The van der Waals surface area contributed by atoms with Gasteiger partial charge in [-0.3, -0.25) is 14.5 Å². The lowest BCUT2D eigenvalue weighted by Crippen LogP contribution is -2.45. The molecule has 1 heterocycles. The predicted octanol–water partition coefficient (Wildman–Crippen LogP) is 5.63. The van der Waals surface area contributed by atoms with Gasteiger partial charge in [-0.15, -0.1) is 0 Å². The molecular weight excluding hydrogens is 422 g/mol. The van der Waals surface area contributed by atoms with Crippen molar-refractivity contribution < 1.29 is 14.3 Å². The average Bonchev–Trinajstić information content (AvgIpc) is 2.81. The minimum Gasteiger partial charge on any atom is -0.497 e. The Balaban J connectivity index is 1.71. The van der Waals surface area contributed by atoms with Crippen LogP contribution in [-0.2, 0) is 9.59 Å². The summed E-state index contributed by atoms with van der Waals surface area (Å²) in [7, 11) is 1.60. The number of nitrogens with zero attached hydrogens (tertiary/aromatic N) is 2. The Labute approximate surface area is 194 Å². The van der Waals surface area contributed by atoms with Crippen LogP contribution < -0.4 is 10.1 Å². The standard InChI is InChI=1S/C25H31N3O3S/c1-3-4-5-6-10-17-28-23(29)18-22(32-25(28)27-19-11-8-7-9-12-19)24(30)26-20-13-15-21(31-2)16-14-20/h7-9,11-16,22H,3-6,10,17-18H2,1-2H3,(H,26,30). The van der Waals surface area contributed by atoms with Crippen LogP contribution in [0.2, 0.25) is 0 Å². The van der Waals surface area contributed by atoms with Gasteiger partial charge in [-0.25, -0.2) is 4.99 Å². The molecule has 0 spiro atoms. The number of benzene rings is 2. The number of para-hydroxylation sites is 1. The molecule has 0 radical (unpaired) electrons. The van der Waals surface area contributed by atoms with Crippen LogP contribution in [0.1, 0.15) is 45.4 Å². The minimum atomic E-state index is -0.525. The van der Waals surface area contributed by atoms with Crippen molar-refractivity contribution >= 4 is 40.1 Å². The van der Waals surface area contributed by atoms with Crippen molar-refractivity contribution in [2.75, 3.05) is 19.0 Å². The number of unbranched alkanes of at least 4 members (excludes halogenated alkanes) is 4. The smallest absolute Gasteiger partial charge is 0.238 e. The maximum atomic E-state index is 13.0. The lowest BCUT2D eigenvalue weighted by atomic mass is 10.1. The Morgan fingerprint density at radius 2 is 1.81 bits per heavy atom. The summed E-state index contributed by atoms with van der Waals surface area (Å²) in [6.45, 7) is 2.82. The van der Waals surface area contributed by atoms with E-state index in [0.29, 0.717) is 17.4 Å². The van der Waals surface area contributed by atoms with Crippen LogP contribution >= 0.6 is 11.8 Å². The first kappa shape index (κ1) is 23.9. The van der Waals surface area contributed by atoms with Gasteiger partial charge in [0.1, 0.15) is 11.0 Å². The van der Waals surface area contributed by atoms with E-state index in [1.54, 1.807) is 36.3 Å². The highest BCUT2D eigenvalue weighted by Crippen LogP contribution is 2.30. The van der Waals surface area contributed by atoms with Gasteiger partial charge in [0.25, 0.3) is 0 Å².